The molecule has 27 heavy (non-hydrogen) atoms. The minimum atomic E-state index is -3.67. The number of nitrogens with zero attached hydrogens (tertiary/aromatic N) is 1. The van der Waals surface area contributed by atoms with Crippen LogP contribution in [-0.2, 0) is 17.2 Å². The van der Waals surface area contributed by atoms with E-state index in [0.717, 1.165) is 22.7 Å². The highest BCUT2D eigenvalue weighted by Gasteiger charge is 2.31. The quantitative estimate of drug-likeness (QED) is 0.512. The molecule has 1 aliphatic rings. The molecule has 0 saturated carbocycles. The van der Waals surface area contributed by atoms with Crippen molar-refractivity contribution >= 4 is 32.9 Å². The van der Waals surface area contributed by atoms with Gasteiger partial charge in [-0.25, -0.2) is 0 Å². The first kappa shape index (κ1) is 17.4. The zero-order valence-electron chi connectivity index (χ0n) is 15.0. The van der Waals surface area contributed by atoms with Gasteiger partial charge in [-0.2, -0.15) is 8.42 Å². The summed E-state index contributed by atoms with van der Waals surface area (Å²) < 4.78 is 35.6. The third kappa shape index (κ3) is 3.00. The first-order valence-corrected chi connectivity index (χ1v) is 10.1. The maximum Gasteiger partial charge on any atom is 0.306 e. The second-order valence-electron chi connectivity index (χ2n) is 6.51. The molecule has 1 aromatic heterocycles. The van der Waals surface area contributed by atoms with E-state index in [4.69, 9.17) is 8.92 Å². The molecule has 3 aromatic rings. The van der Waals surface area contributed by atoms with E-state index in [1.807, 2.05) is 42.1 Å². The normalized spacial score (nSPS) is 15.2. The standard InChI is InChI=1S/C20H17NO5S/c1-12-17(26-27(3,23)24)9-8-15-19(22)18(25-20(12)15)10-13-11-21(2)16-7-5-4-6-14(13)16/h4-11H,1-3H3. The van der Waals surface area contributed by atoms with E-state index in [9.17, 15) is 13.2 Å². The summed E-state index contributed by atoms with van der Waals surface area (Å²) in [5.74, 6) is 0.427. The van der Waals surface area contributed by atoms with E-state index in [1.54, 1.807) is 13.0 Å². The Kier molecular flexibility index (Phi) is 3.85. The number of hydrogen-bond acceptors (Lipinski definition) is 5. The zero-order chi connectivity index (χ0) is 19.3. The van der Waals surface area contributed by atoms with Crippen molar-refractivity contribution in [2.45, 2.75) is 6.92 Å². The number of hydrogen-bond donors (Lipinski definition) is 0. The third-order valence-corrected chi connectivity index (χ3v) is 4.97. The van der Waals surface area contributed by atoms with E-state index < -0.39 is 10.1 Å². The maximum atomic E-state index is 12.7. The highest BCUT2D eigenvalue weighted by molar-refractivity contribution is 7.86. The van der Waals surface area contributed by atoms with Gasteiger partial charge >= 0.3 is 10.1 Å². The molecular formula is C20H17NO5S. The number of para-hydroxylation sites is 1. The number of Topliss-reactive ketones (excluding diaryl/α,β-unsaturated/α-hetero) is 1. The number of aromatic nitrogens is 1. The van der Waals surface area contributed by atoms with Crippen molar-refractivity contribution in [2.75, 3.05) is 6.26 Å². The predicted octanol–water partition coefficient (Wildman–Crippen LogP) is 3.44. The van der Waals surface area contributed by atoms with Crippen LogP contribution in [0.15, 0.2) is 48.4 Å². The summed E-state index contributed by atoms with van der Waals surface area (Å²) in [6.07, 6.45) is 4.61. The van der Waals surface area contributed by atoms with E-state index in [1.165, 1.54) is 12.1 Å². The van der Waals surface area contributed by atoms with Crippen molar-refractivity contribution in [2.24, 2.45) is 7.05 Å². The van der Waals surface area contributed by atoms with Crippen LogP contribution in [0.4, 0.5) is 0 Å². The van der Waals surface area contributed by atoms with E-state index in [2.05, 4.69) is 0 Å². The van der Waals surface area contributed by atoms with Gasteiger partial charge in [0.2, 0.25) is 5.78 Å². The number of carbonyl (C=O) groups is 1. The Morgan fingerprint density at radius 3 is 2.63 bits per heavy atom. The van der Waals surface area contributed by atoms with Crippen LogP contribution in [-0.4, -0.2) is 25.0 Å². The van der Waals surface area contributed by atoms with Crippen LogP contribution in [0.25, 0.3) is 17.0 Å². The molecule has 0 spiro atoms. The summed E-state index contributed by atoms with van der Waals surface area (Å²) in [4.78, 5) is 12.7. The summed E-state index contributed by atoms with van der Waals surface area (Å²) in [7, 11) is -1.73. The molecule has 6 nitrogen and oxygen atoms in total. The number of benzene rings is 2. The number of carbonyl (C=O) groups excluding carboxylic acids is 1. The van der Waals surface area contributed by atoms with Gasteiger partial charge < -0.3 is 13.5 Å². The van der Waals surface area contributed by atoms with Gasteiger partial charge in [0.25, 0.3) is 0 Å². The minimum absolute atomic E-state index is 0.149. The van der Waals surface area contributed by atoms with Crippen LogP contribution in [0.3, 0.4) is 0 Å². The fourth-order valence-corrected chi connectivity index (χ4v) is 3.76. The lowest BCUT2D eigenvalue weighted by atomic mass is 10.1. The molecule has 0 unspecified atom stereocenters. The van der Waals surface area contributed by atoms with E-state index in [0.29, 0.717) is 16.9 Å². The van der Waals surface area contributed by atoms with E-state index in [-0.39, 0.29) is 17.3 Å². The van der Waals surface area contributed by atoms with Crippen LogP contribution < -0.4 is 8.92 Å². The molecule has 0 saturated heterocycles. The van der Waals surface area contributed by atoms with Crippen LogP contribution in [0, 0.1) is 6.92 Å². The Balaban J connectivity index is 1.77. The molecule has 2 aromatic carbocycles. The van der Waals surface area contributed by atoms with Gasteiger partial charge in [0.1, 0.15) is 11.5 Å². The average molecular weight is 383 g/mol. The van der Waals surface area contributed by atoms with Crippen molar-refractivity contribution in [3.63, 3.8) is 0 Å². The van der Waals surface area contributed by atoms with Crippen molar-refractivity contribution in [1.29, 1.82) is 0 Å². The molecule has 0 bridgehead atoms. The minimum Gasteiger partial charge on any atom is -0.452 e. The number of ether oxygens (including phenoxy) is 1. The monoisotopic (exact) mass is 383 g/mol. The zero-order valence-corrected chi connectivity index (χ0v) is 15.8. The molecule has 0 aliphatic carbocycles. The molecule has 0 atom stereocenters. The van der Waals surface area contributed by atoms with Gasteiger partial charge in [0.05, 0.1) is 11.8 Å². The highest BCUT2D eigenvalue weighted by Crippen LogP contribution is 2.40. The Labute approximate surface area is 156 Å². The van der Waals surface area contributed by atoms with Gasteiger partial charge in [-0.05, 0) is 31.2 Å². The van der Waals surface area contributed by atoms with Gasteiger partial charge in [-0.1, -0.05) is 18.2 Å². The summed E-state index contributed by atoms with van der Waals surface area (Å²) >= 11 is 0. The number of fused-ring (bicyclic) bond motifs is 2. The SMILES string of the molecule is Cc1c(OS(C)(=O)=O)ccc2c1OC(=Cc1cn(C)c3ccccc13)C2=O. The van der Waals surface area contributed by atoms with Crippen molar-refractivity contribution < 1.29 is 22.1 Å². The Bertz CT molecular complexity index is 1230. The number of allylic oxidation sites excluding steroid dienone is 1. The molecular weight excluding hydrogens is 366 g/mol. The lowest BCUT2D eigenvalue weighted by Crippen LogP contribution is -2.07. The van der Waals surface area contributed by atoms with Gasteiger partial charge in [0, 0.05) is 35.3 Å². The van der Waals surface area contributed by atoms with Gasteiger partial charge in [0.15, 0.2) is 5.76 Å². The molecule has 0 N–H and O–H groups in total. The summed E-state index contributed by atoms with van der Waals surface area (Å²) in [5, 5.41) is 1.01. The Morgan fingerprint density at radius 2 is 1.89 bits per heavy atom. The number of aryl methyl sites for hydroxylation is 1. The molecule has 0 fully saturated rings. The van der Waals surface area contributed by atoms with Gasteiger partial charge in [-0.3, -0.25) is 4.79 Å². The second-order valence-corrected chi connectivity index (χ2v) is 8.08. The van der Waals surface area contributed by atoms with E-state index >= 15 is 0 Å². The number of rotatable bonds is 3. The molecule has 1 aliphatic heterocycles. The fourth-order valence-electron chi connectivity index (χ4n) is 3.25. The first-order chi connectivity index (χ1) is 12.7. The smallest absolute Gasteiger partial charge is 0.306 e. The summed E-state index contributed by atoms with van der Waals surface area (Å²) in [6, 6.07) is 10.9. The highest BCUT2D eigenvalue weighted by atomic mass is 32.2. The van der Waals surface area contributed by atoms with Crippen LogP contribution in [0.1, 0.15) is 21.5 Å². The van der Waals surface area contributed by atoms with Crippen molar-refractivity contribution in [3.8, 4) is 11.5 Å². The topological polar surface area (TPSA) is 74.6 Å². The fraction of sp³-hybridized carbons (Fsp3) is 0.150. The number of ketones is 1. The van der Waals surface area contributed by atoms with Gasteiger partial charge in [-0.15, -0.1) is 0 Å². The molecule has 138 valence electrons. The van der Waals surface area contributed by atoms with Crippen LogP contribution >= 0.6 is 0 Å². The molecule has 0 amide bonds. The maximum absolute atomic E-state index is 12.7. The first-order valence-electron chi connectivity index (χ1n) is 8.26. The van der Waals surface area contributed by atoms with Crippen LogP contribution in [0.2, 0.25) is 0 Å². The predicted molar refractivity (Wildman–Crippen MR) is 103 cm³/mol. The average Bonchev–Trinajstić information content (AvgIpc) is 3.09. The summed E-state index contributed by atoms with van der Waals surface area (Å²) in [5.41, 5.74) is 2.77. The Hall–Kier alpha value is -3.06. The summed E-state index contributed by atoms with van der Waals surface area (Å²) in [6.45, 7) is 1.66. The molecule has 7 heteroatoms. The lowest BCUT2D eigenvalue weighted by Gasteiger charge is -2.09. The van der Waals surface area contributed by atoms with Crippen molar-refractivity contribution in [3.05, 3.63) is 65.0 Å². The van der Waals surface area contributed by atoms with Crippen molar-refractivity contribution in [1.82, 2.24) is 4.57 Å². The lowest BCUT2D eigenvalue weighted by molar-refractivity contribution is 0.101. The largest absolute Gasteiger partial charge is 0.452 e. The Morgan fingerprint density at radius 1 is 1.15 bits per heavy atom. The third-order valence-electron chi connectivity index (χ3n) is 4.49. The van der Waals surface area contributed by atoms with Crippen LogP contribution in [0.5, 0.6) is 11.5 Å². The molecule has 4 rings (SSSR count). The molecule has 2 heterocycles. The molecule has 0 radical (unpaired) electrons. The second kappa shape index (κ2) is 5.99.